The molecule has 4 aromatic rings. The number of imide groups is 2. The van der Waals surface area contributed by atoms with Crippen LogP contribution < -0.4 is 78.2 Å². The summed E-state index contributed by atoms with van der Waals surface area (Å²) in [4.78, 5) is 79.9. The topological polar surface area (TPSA) is 214 Å². The van der Waals surface area contributed by atoms with Crippen LogP contribution in [0.15, 0.2) is 112 Å². The molecule has 0 saturated carbocycles. The van der Waals surface area contributed by atoms with Gasteiger partial charge in [-0.1, -0.05) is 72.4 Å². The Kier molecular flexibility index (Phi) is 14.0. The van der Waals surface area contributed by atoms with Crippen LogP contribution in [0.5, 0.6) is 0 Å². The van der Waals surface area contributed by atoms with E-state index >= 15 is 0 Å². The summed E-state index contributed by atoms with van der Waals surface area (Å²) in [7, 11) is 0. The van der Waals surface area contributed by atoms with E-state index in [2.05, 4.69) is 21.8 Å². The summed E-state index contributed by atoms with van der Waals surface area (Å²) in [5.74, 6) is -2.07. The van der Waals surface area contributed by atoms with Crippen molar-refractivity contribution in [2.45, 2.75) is 13.5 Å². The Labute approximate surface area is 327 Å². The summed E-state index contributed by atoms with van der Waals surface area (Å²) in [5.41, 5.74) is 0.761. The third-order valence-electron chi connectivity index (χ3n) is 6.94. The fraction of sp³-hybridized carbons (Fsp3) is 0.0571. The number of carbonyl (C=O) groups excluding carboxylic acids is 4. The van der Waals surface area contributed by atoms with E-state index in [0.29, 0.717) is 22.4 Å². The third kappa shape index (κ3) is 9.23. The van der Waals surface area contributed by atoms with Crippen molar-refractivity contribution in [2.24, 2.45) is 0 Å². The second-order valence-electron chi connectivity index (χ2n) is 10.2. The van der Waals surface area contributed by atoms with E-state index in [1.165, 1.54) is 49.4 Å². The van der Waals surface area contributed by atoms with Crippen LogP contribution in [0.25, 0.3) is 17.3 Å². The van der Waals surface area contributed by atoms with Crippen molar-refractivity contribution in [3.8, 4) is 5.69 Å². The average Bonchev–Trinajstić information content (AvgIpc) is 3.06. The number of aromatic amines is 1. The van der Waals surface area contributed by atoms with Crippen LogP contribution in [0.2, 0.25) is 0 Å². The fourth-order valence-corrected chi connectivity index (χ4v) is 4.78. The molecule has 1 fully saturated rings. The zero-order valence-electron chi connectivity index (χ0n) is 26.8. The minimum absolute atomic E-state index is 0. The van der Waals surface area contributed by atoms with E-state index < -0.39 is 29.1 Å². The summed E-state index contributed by atoms with van der Waals surface area (Å²) >= 11 is 0. The summed E-state index contributed by atoms with van der Waals surface area (Å²) in [6, 6.07) is 20.6. The Hall–Kier alpha value is -5.29. The van der Waals surface area contributed by atoms with Gasteiger partial charge in [0, 0.05) is 18.3 Å². The van der Waals surface area contributed by atoms with E-state index in [1.54, 1.807) is 60.7 Å². The van der Waals surface area contributed by atoms with Crippen LogP contribution in [0.1, 0.15) is 23.6 Å². The van der Waals surface area contributed by atoms with Gasteiger partial charge < -0.3 is 34.7 Å². The maximum Gasteiger partial charge on any atom is 1.00 e. The standard InChI is InChI=1S/C35H27N6O7.K.H2O/c1-22(42)38-27-10-6-12-29(18-27)40-32(44)26(19-37-34(40)46)14-13-25(24-8-3-2-4-9-24)15-16-30-31(43)39-35(47)41(33(30)45)28-11-5-7-23(17-28)20-48-21-36;;/h2-18,21,36H,20H2,1H3,(H,37,46)(H,38,42)(H,39,43,47);;1H2/q-1;+1;/p-1. The maximum absolute atomic E-state index is 13.5. The van der Waals surface area contributed by atoms with Gasteiger partial charge in [-0.15, -0.1) is 6.08 Å². The average molecular weight is 700 g/mol. The summed E-state index contributed by atoms with van der Waals surface area (Å²) in [5, 5.41) is 11.8. The van der Waals surface area contributed by atoms with Crippen molar-refractivity contribution in [3.05, 3.63) is 146 Å². The number of aromatic nitrogens is 2. The Balaban J connectivity index is 0.00000338. The molecule has 0 aliphatic carbocycles. The Morgan fingerprint density at radius 3 is 2.40 bits per heavy atom. The van der Waals surface area contributed by atoms with E-state index in [0.717, 1.165) is 15.9 Å². The van der Waals surface area contributed by atoms with Crippen molar-refractivity contribution < 1.29 is 80.8 Å². The van der Waals surface area contributed by atoms with Gasteiger partial charge in [0.05, 0.1) is 5.69 Å². The van der Waals surface area contributed by atoms with Gasteiger partial charge in [-0.3, -0.25) is 25.1 Å². The van der Waals surface area contributed by atoms with Crippen LogP contribution >= 0.6 is 0 Å². The van der Waals surface area contributed by atoms with Crippen LogP contribution in [-0.2, 0) is 25.7 Å². The summed E-state index contributed by atoms with van der Waals surface area (Å²) < 4.78 is 5.88. The Morgan fingerprint density at radius 2 is 1.68 bits per heavy atom. The van der Waals surface area contributed by atoms with Gasteiger partial charge >= 0.3 is 57.4 Å². The normalized spacial score (nSPS) is 13.7. The monoisotopic (exact) mass is 699 g/mol. The molecule has 50 heavy (non-hydrogen) atoms. The number of hydrogen-bond donors (Lipinski definition) is 4. The van der Waals surface area contributed by atoms with Gasteiger partial charge in [-0.05, 0) is 53.1 Å². The predicted octanol–water partition coefficient (Wildman–Crippen LogP) is 0.541. The molecule has 5 N–H and O–H groups in total. The van der Waals surface area contributed by atoms with Gasteiger partial charge in [0.15, 0.2) is 12.0 Å². The molecule has 2 heterocycles. The number of benzene rings is 3. The number of anilines is 2. The first-order chi connectivity index (χ1) is 23.2. The molecular formula is C35H28KN6O8-. The first-order valence-corrected chi connectivity index (χ1v) is 14.4. The molecule has 0 radical (unpaired) electrons. The van der Waals surface area contributed by atoms with Gasteiger partial charge in [0.1, 0.15) is 12.2 Å². The second-order valence-corrected chi connectivity index (χ2v) is 10.2. The number of allylic oxidation sites excluding steroid dienone is 4. The van der Waals surface area contributed by atoms with Crippen molar-refractivity contribution in [3.63, 3.8) is 0 Å². The Bertz CT molecular complexity index is 2150. The fourth-order valence-electron chi connectivity index (χ4n) is 4.78. The van der Waals surface area contributed by atoms with E-state index in [4.69, 9.17) is 10.1 Å². The number of nitrogens with one attached hydrogen (secondary N) is 4. The van der Waals surface area contributed by atoms with Crippen molar-refractivity contribution in [1.29, 1.82) is 5.41 Å². The third-order valence-corrected chi connectivity index (χ3v) is 6.94. The van der Waals surface area contributed by atoms with Crippen LogP contribution in [-0.4, -0.2) is 45.2 Å². The van der Waals surface area contributed by atoms with E-state index in [1.807, 2.05) is 0 Å². The van der Waals surface area contributed by atoms with Crippen molar-refractivity contribution in [1.82, 2.24) is 14.9 Å². The van der Waals surface area contributed by atoms with Crippen LogP contribution in [0.4, 0.5) is 16.2 Å². The number of hydrogen-bond acceptors (Lipinski definition) is 9. The van der Waals surface area contributed by atoms with Crippen LogP contribution in [0, 0.1) is 11.6 Å². The molecule has 14 nitrogen and oxygen atoms in total. The molecule has 3 aromatic carbocycles. The number of H-pyrrole nitrogens is 1. The van der Waals surface area contributed by atoms with Gasteiger partial charge in [-0.2, -0.15) is 0 Å². The van der Waals surface area contributed by atoms with E-state index in [9.17, 15) is 28.8 Å². The first-order valence-electron chi connectivity index (χ1n) is 14.4. The number of nitrogens with zero attached hydrogens (tertiary/aromatic N) is 2. The smallest absolute Gasteiger partial charge is 0.870 e. The molecule has 0 spiro atoms. The molecule has 1 aliphatic rings. The molecule has 1 aromatic heterocycles. The van der Waals surface area contributed by atoms with Crippen molar-refractivity contribution >= 4 is 53.2 Å². The molecule has 1 aliphatic heterocycles. The molecule has 5 amide bonds. The minimum Gasteiger partial charge on any atom is -0.870 e. The molecule has 1 saturated heterocycles. The van der Waals surface area contributed by atoms with Crippen LogP contribution in [0.3, 0.4) is 0 Å². The molecule has 0 unspecified atom stereocenters. The minimum atomic E-state index is -0.924. The number of barbiturate groups is 1. The molecular weight excluding hydrogens is 672 g/mol. The quantitative estimate of drug-likeness (QED) is 0.0348. The molecule has 0 bridgehead atoms. The number of urea groups is 1. The largest absolute Gasteiger partial charge is 1.00 e. The summed E-state index contributed by atoms with van der Waals surface area (Å²) in [6.45, 7) is 1.38. The second kappa shape index (κ2) is 17.9. The number of rotatable bonds is 10. The van der Waals surface area contributed by atoms with Gasteiger partial charge in [-0.25, -0.2) is 9.69 Å². The van der Waals surface area contributed by atoms with Gasteiger partial charge in [0.25, 0.3) is 11.8 Å². The number of ether oxygens (including phenoxy) is 1. The van der Waals surface area contributed by atoms with Gasteiger partial charge in [0.2, 0.25) is 11.6 Å². The number of amides is 5. The van der Waals surface area contributed by atoms with Crippen molar-refractivity contribution in [2.75, 3.05) is 10.2 Å². The molecule has 5 rings (SSSR count). The SMILES string of the molecule is CC(=O)Nc1cccc(-n2c(=O)[nH][c-]c(C=CC(=CC=C3C(=O)NC(=O)N(c4cccc(COC=N)c4)C3=O)c3ccccc3)c2=O)c1.[K+].[OH-]. The molecule has 15 heteroatoms. The predicted molar refractivity (Wildman–Crippen MR) is 180 cm³/mol. The molecule has 0 atom stereocenters. The zero-order chi connectivity index (χ0) is 34.2. The maximum atomic E-state index is 13.5. The Morgan fingerprint density at radius 1 is 0.960 bits per heavy atom. The molecule has 248 valence electrons. The van der Waals surface area contributed by atoms with E-state index in [-0.39, 0.29) is 91.9 Å². The first kappa shape index (κ1) is 39.1. The number of carbonyl (C=O) groups is 4. The zero-order valence-corrected chi connectivity index (χ0v) is 29.9. The summed E-state index contributed by atoms with van der Waals surface area (Å²) in [6.07, 6.45) is 9.09.